The normalized spacial score (nSPS) is 49.8. The molecule has 4 nitrogen and oxygen atoms in total. The molecule has 0 aliphatic carbocycles. The van der Waals surface area contributed by atoms with Crippen molar-refractivity contribution >= 4 is 0 Å². The zero-order chi connectivity index (χ0) is 10.4. The van der Waals surface area contributed by atoms with Gasteiger partial charge in [-0.2, -0.15) is 0 Å². The van der Waals surface area contributed by atoms with Gasteiger partial charge in [0.25, 0.3) is 5.97 Å². The fraction of sp³-hybridized carbons (Fsp3) is 1.00. The molecule has 0 aromatic rings. The number of fused-ring (bicyclic) bond motifs is 2. The molecule has 1 atom stereocenters. The van der Waals surface area contributed by atoms with Crippen LogP contribution in [0.3, 0.4) is 0 Å². The molecule has 1 unspecified atom stereocenters. The largest absolute Gasteiger partial charge is 0.324 e. The van der Waals surface area contributed by atoms with Gasteiger partial charge in [-0.1, -0.05) is 0 Å². The molecule has 1 N–H and O–H groups in total. The number of piperidine rings is 1. The molecule has 3 aliphatic rings. The number of nitrogens with one attached hydrogen (secondary N) is 1. The molecule has 4 heteroatoms. The van der Waals surface area contributed by atoms with Crippen LogP contribution in [0.1, 0.15) is 26.2 Å². The van der Waals surface area contributed by atoms with Gasteiger partial charge >= 0.3 is 0 Å². The Morgan fingerprint density at radius 3 is 2.67 bits per heavy atom. The van der Waals surface area contributed by atoms with Gasteiger partial charge in [0.1, 0.15) is 5.60 Å². The highest BCUT2D eigenvalue weighted by atomic mass is 16.9. The van der Waals surface area contributed by atoms with Gasteiger partial charge in [0.05, 0.1) is 13.2 Å². The Morgan fingerprint density at radius 2 is 2.13 bits per heavy atom. The maximum absolute atomic E-state index is 5.88. The van der Waals surface area contributed by atoms with Gasteiger partial charge in [-0.15, -0.1) is 0 Å². The predicted molar refractivity (Wildman–Crippen MR) is 54.3 cm³/mol. The standard InChI is InChI=1S/C11H19NO3/c1-10-7-13-11(15-10,14-8-10)5-9-3-2-4-12-6-9/h9,12H,2-8H2,1H3. The molecule has 2 bridgehead atoms. The van der Waals surface area contributed by atoms with Gasteiger partial charge in [-0.3, -0.25) is 0 Å². The zero-order valence-electron chi connectivity index (χ0n) is 9.25. The van der Waals surface area contributed by atoms with E-state index in [1.165, 1.54) is 12.8 Å². The Balaban J connectivity index is 1.63. The molecule has 0 radical (unpaired) electrons. The summed E-state index contributed by atoms with van der Waals surface area (Å²) in [6, 6.07) is 0. The van der Waals surface area contributed by atoms with Crippen LogP contribution in [0, 0.1) is 5.92 Å². The summed E-state index contributed by atoms with van der Waals surface area (Å²) in [5, 5.41) is 3.41. The summed E-state index contributed by atoms with van der Waals surface area (Å²) in [7, 11) is 0. The molecule has 0 amide bonds. The Hall–Kier alpha value is -0.160. The molecule has 0 spiro atoms. The third-order valence-corrected chi connectivity index (χ3v) is 3.53. The second-order valence-electron chi connectivity index (χ2n) is 5.23. The van der Waals surface area contributed by atoms with Crippen molar-refractivity contribution in [1.82, 2.24) is 5.32 Å². The molecule has 0 saturated carbocycles. The van der Waals surface area contributed by atoms with Crippen molar-refractivity contribution in [2.24, 2.45) is 5.92 Å². The topological polar surface area (TPSA) is 39.7 Å². The number of hydrogen-bond donors (Lipinski definition) is 1. The minimum absolute atomic E-state index is 0.192. The smallest absolute Gasteiger partial charge is 0.284 e. The molecular formula is C11H19NO3. The van der Waals surface area contributed by atoms with E-state index >= 15 is 0 Å². The third kappa shape index (κ3) is 1.80. The minimum Gasteiger partial charge on any atom is -0.324 e. The molecule has 0 aromatic carbocycles. The van der Waals surface area contributed by atoms with Crippen molar-refractivity contribution in [1.29, 1.82) is 0 Å². The van der Waals surface area contributed by atoms with Crippen LogP contribution in [0.2, 0.25) is 0 Å². The van der Waals surface area contributed by atoms with E-state index in [1.54, 1.807) is 0 Å². The second-order valence-corrected chi connectivity index (χ2v) is 5.23. The van der Waals surface area contributed by atoms with Crippen molar-refractivity contribution < 1.29 is 14.2 Å². The summed E-state index contributed by atoms with van der Waals surface area (Å²) in [6.45, 7) is 5.61. The van der Waals surface area contributed by atoms with Gasteiger partial charge < -0.3 is 19.5 Å². The first-order valence-electron chi connectivity index (χ1n) is 5.89. The van der Waals surface area contributed by atoms with E-state index in [2.05, 4.69) is 12.2 Å². The van der Waals surface area contributed by atoms with E-state index in [0.717, 1.165) is 19.5 Å². The average Bonchev–Trinajstić information content (AvgIpc) is 2.73. The molecule has 15 heavy (non-hydrogen) atoms. The lowest BCUT2D eigenvalue weighted by Crippen LogP contribution is -2.39. The van der Waals surface area contributed by atoms with Crippen LogP contribution >= 0.6 is 0 Å². The predicted octanol–water partition coefficient (Wildman–Crippen LogP) is 0.866. The van der Waals surface area contributed by atoms with E-state index in [0.29, 0.717) is 19.1 Å². The summed E-state index contributed by atoms with van der Waals surface area (Å²) in [6.07, 6.45) is 3.37. The fourth-order valence-electron chi connectivity index (χ4n) is 2.71. The lowest BCUT2D eigenvalue weighted by Gasteiger charge is -2.30. The van der Waals surface area contributed by atoms with E-state index < -0.39 is 5.97 Å². The Bertz CT molecular complexity index is 242. The molecule has 3 fully saturated rings. The molecule has 0 aromatic heterocycles. The Labute approximate surface area is 90.3 Å². The first-order chi connectivity index (χ1) is 7.20. The van der Waals surface area contributed by atoms with Crippen LogP contribution < -0.4 is 5.32 Å². The van der Waals surface area contributed by atoms with Crippen LogP contribution in [0.4, 0.5) is 0 Å². The first kappa shape index (κ1) is 10.0. The summed E-state index contributed by atoms with van der Waals surface area (Å²) in [4.78, 5) is 0. The lowest BCUT2D eigenvalue weighted by atomic mass is 9.95. The van der Waals surface area contributed by atoms with Crippen LogP contribution in [-0.4, -0.2) is 37.9 Å². The zero-order valence-corrected chi connectivity index (χ0v) is 9.25. The maximum Gasteiger partial charge on any atom is 0.284 e. The Kier molecular flexibility index (Phi) is 2.28. The van der Waals surface area contributed by atoms with Gasteiger partial charge in [-0.25, -0.2) is 0 Å². The minimum atomic E-state index is -0.710. The summed E-state index contributed by atoms with van der Waals surface area (Å²) in [5.74, 6) is -0.0856. The second kappa shape index (κ2) is 3.42. The summed E-state index contributed by atoms with van der Waals surface area (Å²) >= 11 is 0. The molecule has 3 heterocycles. The van der Waals surface area contributed by atoms with Gasteiger partial charge in [0, 0.05) is 6.42 Å². The third-order valence-electron chi connectivity index (χ3n) is 3.53. The lowest BCUT2D eigenvalue weighted by molar-refractivity contribution is -0.307. The SMILES string of the molecule is CC12COC(CC3CCCNC3)(OC1)O2. The average molecular weight is 213 g/mol. The highest BCUT2D eigenvalue weighted by molar-refractivity contribution is 4.91. The van der Waals surface area contributed by atoms with E-state index in [4.69, 9.17) is 14.2 Å². The summed E-state index contributed by atoms with van der Waals surface area (Å²) in [5.41, 5.74) is -0.192. The van der Waals surface area contributed by atoms with Gasteiger partial charge in [-0.05, 0) is 38.8 Å². The number of ether oxygens (including phenoxy) is 3. The quantitative estimate of drug-likeness (QED) is 0.738. The van der Waals surface area contributed by atoms with Crippen molar-refractivity contribution in [2.45, 2.75) is 37.8 Å². The first-order valence-corrected chi connectivity index (χ1v) is 5.89. The van der Waals surface area contributed by atoms with Crippen LogP contribution in [0.5, 0.6) is 0 Å². The van der Waals surface area contributed by atoms with Crippen molar-refractivity contribution in [3.8, 4) is 0 Å². The highest BCUT2D eigenvalue weighted by Gasteiger charge is 2.56. The van der Waals surface area contributed by atoms with Crippen LogP contribution in [0.25, 0.3) is 0 Å². The fourth-order valence-corrected chi connectivity index (χ4v) is 2.71. The molecule has 3 saturated heterocycles. The molecule has 86 valence electrons. The molecule has 3 aliphatic heterocycles. The van der Waals surface area contributed by atoms with E-state index in [9.17, 15) is 0 Å². The summed E-state index contributed by atoms with van der Waals surface area (Å²) < 4.78 is 17.2. The van der Waals surface area contributed by atoms with Crippen molar-refractivity contribution in [3.05, 3.63) is 0 Å². The monoisotopic (exact) mass is 213 g/mol. The number of rotatable bonds is 2. The van der Waals surface area contributed by atoms with Gasteiger partial charge in [0.15, 0.2) is 0 Å². The van der Waals surface area contributed by atoms with Crippen LogP contribution in [0.15, 0.2) is 0 Å². The maximum atomic E-state index is 5.88. The van der Waals surface area contributed by atoms with E-state index in [1.807, 2.05) is 0 Å². The highest BCUT2D eigenvalue weighted by Crippen LogP contribution is 2.44. The molecule has 3 rings (SSSR count). The van der Waals surface area contributed by atoms with Crippen molar-refractivity contribution in [2.75, 3.05) is 26.3 Å². The van der Waals surface area contributed by atoms with E-state index in [-0.39, 0.29) is 5.60 Å². The van der Waals surface area contributed by atoms with Gasteiger partial charge in [0.2, 0.25) is 0 Å². The van der Waals surface area contributed by atoms with Crippen molar-refractivity contribution in [3.63, 3.8) is 0 Å². The van der Waals surface area contributed by atoms with Crippen LogP contribution in [-0.2, 0) is 14.2 Å². The number of hydrogen-bond acceptors (Lipinski definition) is 4. The molecular weight excluding hydrogens is 194 g/mol. The Morgan fingerprint density at radius 1 is 1.33 bits per heavy atom.